The SMILES string of the molecule is CC/C=C\C/C=C\C/C=C\CC(=O)OCC(COC(=O)CCCCCCCCCCCCCCCCCCC)OC(=O)CCCCCCC/C=C\C/C=C\CC. The largest absolute Gasteiger partial charge is 0.462 e. The smallest absolute Gasteiger partial charge is 0.309 e. The normalized spacial score (nSPS) is 12.6. The lowest BCUT2D eigenvalue weighted by Gasteiger charge is -2.18. The van der Waals surface area contributed by atoms with E-state index >= 15 is 0 Å². The maximum atomic E-state index is 12.7. The molecule has 1 atom stereocenters. The van der Waals surface area contributed by atoms with Gasteiger partial charge in [0.1, 0.15) is 13.2 Å². The third-order valence-electron chi connectivity index (χ3n) is 9.80. The summed E-state index contributed by atoms with van der Waals surface area (Å²) < 4.78 is 16.6. The van der Waals surface area contributed by atoms with Crippen molar-refractivity contribution in [1.29, 1.82) is 0 Å². The Morgan fingerprint density at radius 1 is 0.393 bits per heavy atom. The second-order valence-electron chi connectivity index (χ2n) is 15.3. The van der Waals surface area contributed by atoms with Crippen molar-refractivity contribution in [3.05, 3.63) is 60.8 Å². The van der Waals surface area contributed by atoms with Crippen LogP contribution < -0.4 is 0 Å². The second kappa shape index (κ2) is 44.8. The third kappa shape index (κ3) is 42.3. The number of ether oxygens (including phenoxy) is 3. The van der Waals surface area contributed by atoms with Gasteiger partial charge in [0, 0.05) is 12.8 Å². The van der Waals surface area contributed by atoms with Crippen LogP contribution >= 0.6 is 0 Å². The minimum Gasteiger partial charge on any atom is -0.462 e. The van der Waals surface area contributed by atoms with Crippen LogP contribution in [0.15, 0.2) is 60.8 Å². The van der Waals surface area contributed by atoms with Crippen molar-refractivity contribution < 1.29 is 28.6 Å². The molecule has 0 N–H and O–H groups in total. The molecule has 0 spiro atoms. The Kier molecular flexibility index (Phi) is 42.5. The van der Waals surface area contributed by atoms with E-state index in [4.69, 9.17) is 14.2 Å². The van der Waals surface area contributed by atoms with Crippen LogP contribution in [0.3, 0.4) is 0 Å². The lowest BCUT2D eigenvalue weighted by Crippen LogP contribution is -2.30. The molecular weight excluding hydrogens is 697 g/mol. The molecule has 0 amide bonds. The molecule has 56 heavy (non-hydrogen) atoms. The van der Waals surface area contributed by atoms with Gasteiger partial charge in [0.15, 0.2) is 6.10 Å². The first-order valence-corrected chi connectivity index (χ1v) is 23.3. The van der Waals surface area contributed by atoms with E-state index in [0.717, 1.165) is 89.9 Å². The highest BCUT2D eigenvalue weighted by Crippen LogP contribution is 2.15. The van der Waals surface area contributed by atoms with Crippen LogP contribution in [0, 0.1) is 0 Å². The van der Waals surface area contributed by atoms with Gasteiger partial charge in [-0.25, -0.2) is 0 Å². The Morgan fingerprint density at radius 3 is 1.25 bits per heavy atom. The maximum absolute atomic E-state index is 12.7. The van der Waals surface area contributed by atoms with Gasteiger partial charge in [0.05, 0.1) is 6.42 Å². The zero-order valence-corrected chi connectivity index (χ0v) is 36.6. The van der Waals surface area contributed by atoms with Crippen molar-refractivity contribution in [2.24, 2.45) is 0 Å². The summed E-state index contributed by atoms with van der Waals surface area (Å²) >= 11 is 0. The molecule has 0 radical (unpaired) electrons. The highest BCUT2D eigenvalue weighted by molar-refractivity contribution is 5.72. The first kappa shape index (κ1) is 53.1. The molecule has 0 aromatic heterocycles. The molecule has 0 rings (SSSR count). The highest BCUT2D eigenvalue weighted by atomic mass is 16.6. The molecule has 1 unspecified atom stereocenters. The molecule has 0 aliphatic heterocycles. The van der Waals surface area contributed by atoms with E-state index in [1.165, 1.54) is 89.9 Å². The Morgan fingerprint density at radius 2 is 0.768 bits per heavy atom. The van der Waals surface area contributed by atoms with E-state index in [1.54, 1.807) is 6.08 Å². The van der Waals surface area contributed by atoms with Gasteiger partial charge in [-0.3, -0.25) is 14.4 Å². The standard InChI is InChI=1S/C50H86O6/c1-4-7-10-13-16-19-21-23-24-25-26-27-29-31-34-37-40-43-49(52)55-46-47(45-54-48(51)42-39-36-33-30-18-15-12-9-6-3)56-50(53)44-41-38-35-32-28-22-20-17-14-11-8-5-2/h8-9,11-12,17-18,20,30,36,39,47H,4-7,10,13-16,19,21-29,31-35,37-38,40-46H2,1-3H3/b11-8-,12-9-,20-17-,30-18-,39-36-. The Labute approximate surface area is 345 Å². The van der Waals surface area contributed by atoms with Gasteiger partial charge >= 0.3 is 17.9 Å². The summed E-state index contributed by atoms with van der Waals surface area (Å²) in [6.45, 7) is 6.30. The van der Waals surface area contributed by atoms with Crippen molar-refractivity contribution in [1.82, 2.24) is 0 Å². The quantitative estimate of drug-likeness (QED) is 0.0266. The van der Waals surface area contributed by atoms with E-state index in [2.05, 4.69) is 69.4 Å². The zero-order valence-electron chi connectivity index (χ0n) is 36.6. The Bertz CT molecular complexity index is 1040. The fourth-order valence-corrected chi connectivity index (χ4v) is 6.36. The number of hydrogen-bond acceptors (Lipinski definition) is 6. The third-order valence-corrected chi connectivity index (χ3v) is 9.80. The van der Waals surface area contributed by atoms with Crippen LogP contribution in [0.5, 0.6) is 0 Å². The summed E-state index contributed by atoms with van der Waals surface area (Å²) in [5, 5.41) is 0. The van der Waals surface area contributed by atoms with Crippen molar-refractivity contribution in [2.45, 2.75) is 226 Å². The fourth-order valence-electron chi connectivity index (χ4n) is 6.36. The Balaban J connectivity index is 4.36. The van der Waals surface area contributed by atoms with E-state index in [0.29, 0.717) is 12.8 Å². The average molecular weight is 783 g/mol. The lowest BCUT2D eigenvalue weighted by molar-refractivity contribution is -0.166. The molecule has 0 bridgehead atoms. The molecule has 0 saturated carbocycles. The molecule has 0 aromatic carbocycles. The van der Waals surface area contributed by atoms with Crippen molar-refractivity contribution in [3.63, 3.8) is 0 Å². The van der Waals surface area contributed by atoms with Crippen LogP contribution in [0.25, 0.3) is 0 Å². The van der Waals surface area contributed by atoms with E-state index in [9.17, 15) is 14.4 Å². The van der Waals surface area contributed by atoms with Gasteiger partial charge in [0.2, 0.25) is 0 Å². The van der Waals surface area contributed by atoms with Gasteiger partial charge in [0.25, 0.3) is 0 Å². The van der Waals surface area contributed by atoms with Crippen LogP contribution in [-0.4, -0.2) is 37.2 Å². The minimum absolute atomic E-state index is 0.105. The number of unbranched alkanes of at least 4 members (excludes halogenated alkanes) is 21. The number of carbonyl (C=O) groups excluding carboxylic acids is 3. The first-order valence-electron chi connectivity index (χ1n) is 23.3. The number of hydrogen-bond donors (Lipinski definition) is 0. The molecule has 0 saturated heterocycles. The van der Waals surface area contributed by atoms with Crippen molar-refractivity contribution in [3.8, 4) is 0 Å². The second-order valence-corrected chi connectivity index (χ2v) is 15.3. The molecule has 0 heterocycles. The maximum Gasteiger partial charge on any atom is 0.309 e. The van der Waals surface area contributed by atoms with Crippen LogP contribution in [-0.2, 0) is 28.6 Å². The molecule has 322 valence electrons. The number of carbonyl (C=O) groups is 3. The summed E-state index contributed by atoms with van der Waals surface area (Å²) in [5.74, 6) is -1.05. The summed E-state index contributed by atoms with van der Waals surface area (Å²) in [4.78, 5) is 37.6. The van der Waals surface area contributed by atoms with E-state index in [1.807, 2.05) is 6.08 Å². The van der Waals surface area contributed by atoms with Crippen molar-refractivity contribution >= 4 is 17.9 Å². The predicted octanol–water partition coefficient (Wildman–Crippen LogP) is 14.9. The molecule has 0 aliphatic carbocycles. The number of esters is 3. The molecule has 0 fully saturated rings. The fraction of sp³-hybridized carbons (Fsp3) is 0.740. The summed E-state index contributed by atoms with van der Waals surface area (Å²) in [7, 11) is 0. The van der Waals surface area contributed by atoms with Crippen molar-refractivity contribution in [2.75, 3.05) is 13.2 Å². The molecule has 0 aromatic rings. The molecular formula is C50H86O6. The Hall–Kier alpha value is -2.89. The monoisotopic (exact) mass is 783 g/mol. The highest BCUT2D eigenvalue weighted by Gasteiger charge is 2.19. The molecule has 6 heteroatoms. The van der Waals surface area contributed by atoms with Gasteiger partial charge in [-0.2, -0.15) is 0 Å². The van der Waals surface area contributed by atoms with Gasteiger partial charge in [-0.05, 0) is 57.8 Å². The first-order chi connectivity index (χ1) is 27.5. The average Bonchev–Trinajstić information content (AvgIpc) is 3.19. The number of allylic oxidation sites excluding steroid dienone is 9. The van der Waals surface area contributed by atoms with E-state index in [-0.39, 0.29) is 31.6 Å². The molecule has 0 aliphatic rings. The van der Waals surface area contributed by atoms with Gasteiger partial charge in [-0.1, -0.05) is 204 Å². The van der Waals surface area contributed by atoms with Crippen LogP contribution in [0.2, 0.25) is 0 Å². The van der Waals surface area contributed by atoms with Crippen LogP contribution in [0.1, 0.15) is 220 Å². The zero-order chi connectivity index (χ0) is 40.8. The summed E-state index contributed by atoms with van der Waals surface area (Å²) in [6, 6.07) is 0. The van der Waals surface area contributed by atoms with Gasteiger partial charge < -0.3 is 14.2 Å². The van der Waals surface area contributed by atoms with Crippen LogP contribution in [0.4, 0.5) is 0 Å². The summed E-state index contributed by atoms with van der Waals surface area (Å²) in [5.41, 5.74) is 0. The lowest BCUT2D eigenvalue weighted by atomic mass is 10.0. The topological polar surface area (TPSA) is 78.9 Å². The summed E-state index contributed by atoms with van der Waals surface area (Å²) in [6.07, 6.45) is 53.9. The predicted molar refractivity (Wildman–Crippen MR) is 238 cm³/mol. The van der Waals surface area contributed by atoms with E-state index < -0.39 is 12.1 Å². The minimum atomic E-state index is -0.812. The molecule has 6 nitrogen and oxygen atoms in total. The van der Waals surface area contributed by atoms with Gasteiger partial charge in [-0.15, -0.1) is 0 Å². The number of rotatable bonds is 41.